The fourth-order valence-corrected chi connectivity index (χ4v) is 4.22. The van der Waals surface area contributed by atoms with Crippen LogP contribution in [0, 0.1) is 0 Å². The molecule has 8 heteroatoms. The summed E-state index contributed by atoms with van der Waals surface area (Å²) in [5, 5.41) is 3.06. The maximum Gasteiger partial charge on any atom is 0.261 e. The van der Waals surface area contributed by atoms with Crippen molar-refractivity contribution in [3.8, 4) is 5.75 Å². The van der Waals surface area contributed by atoms with E-state index in [4.69, 9.17) is 16.3 Å². The normalized spacial score (nSPS) is 10.9. The van der Waals surface area contributed by atoms with E-state index in [0.717, 1.165) is 5.56 Å². The van der Waals surface area contributed by atoms with Gasteiger partial charge in [0.15, 0.2) is 0 Å². The molecule has 2 N–H and O–H groups in total. The van der Waals surface area contributed by atoms with Gasteiger partial charge in [-0.15, -0.1) is 6.58 Å². The van der Waals surface area contributed by atoms with Crippen molar-refractivity contribution < 1.29 is 17.9 Å². The van der Waals surface area contributed by atoms with E-state index in [1.165, 1.54) is 24.3 Å². The van der Waals surface area contributed by atoms with Crippen LogP contribution in [0.5, 0.6) is 5.75 Å². The standard InChI is InChI=1S/C23H21ClN2O4S/c1-3-6-16-15-17(9-14-22(16)30-2)23(27)25-18-10-12-19(13-11-18)31(28,29)26-21-8-5-4-7-20(21)24/h3-5,7-15,26H,1,6H2,2H3,(H,25,27). The van der Waals surface area contributed by atoms with Gasteiger partial charge in [0.1, 0.15) is 5.75 Å². The molecular weight excluding hydrogens is 436 g/mol. The van der Waals surface area contributed by atoms with E-state index in [1.807, 2.05) is 0 Å². The summed E-state index contributed by atoms with van der Waals surface area (Å²) in [5.74, 6) is 0.356. The molecule has 0 aliphatic rings. The van der Waals surface area contributed by atoms with E-state index >= 15 is 0 Å². The monoisotopic (exact) mass is 456 g/mol. The first-order valence-corrected chi connectivity index (χ1v) is 11.2. The van der Waals surface area contributed by atoms with Crippen LogP contribution in [0.15, 0.2) is 84.3 Å². The number of sulfonamides is 1. The zero-order chi connectivity index (χ0) is 22.4. The lowest BCUT2D eigenvalue weighted by atomic mass is 10.1. The van der Waals surface area contributed by atoms with Crippen molar-refractivity contribution in [3.63, 3.8) is 0 Å². The number of benzene rings is 3. The van der Waals surface area contributed by atoms with Gasteiger partial charge in [0.25, 0.3) is 15.9 Å². The fourth-order valence-electron chi connectivity index (χ4n) is 2.90. The van der Waals surface area contributed by atoms with Crippen molar-refractivity contribution in [1.82, 2.24) is 0 Å². The molecule has 160 valence electrons. The van der Waals surface area contributed by atoms with E-state index in [9.17, 15) is 13.2 Å². The molecule has 0 aromatic heterocycles. The van der Waals surface area contributed by atoms with E-state index in [2.05, 4.69) is 16.6 Å². The van der Waals surface area contributed by atoms with Crippen LogP contribution >= 0.6 is 11.6 Å². The van der Waals surface area contributed by atoms with Crippen molar-refractivity contribution in [2.45, 2.75) is 11.3 Å². The van der Waals surface area contributed by atoms with Crippen LogP contribution in [0.2, 0.25) is 5.02 Å². The van der Waals surface area contributed by atoms with Crippen LogP contribution in [-0.4, -0.2) is 21.4 Å². The highest BCUT2D eigenvalue weighted by molar-refractivity contribution is 7.92. The second kappa shape index (κ2) is 9.68. The maximum absolute atomic E-state index is 12.6. The molecule has 0 spiro atoms. The minimum atomic E-state index is -3.82. The summed E-state index contributed by atoms with van der Waals surface area (Å²) in [6, 6.07) is 17.5. The second-order valence-electron chi connectivity index (χ2n) is 6.58. The summed E-state index contributed by atoms with van der Waals surface area (Å²) in [6.07, 6.45) is 2.30. The average Bonchev–Trinajstić information content (AvgIpc) is 2.76. The molecule has 0 bridgehead atoms. The van der Waals surface area contributed by atoms with Crippen molar-refractivity contribution in [2.24, 2.45) is 0 Å². The summed E-state index contributed by atoms with van der Waals surface area (Å²) in [7, 11) is -2.26. The Morgan fingerprint density at radius 3 is 2.45 bits per heavy atom. The van der Waals surface area contributed by atoms with Gasteiger partial charge in [-0.25, -0.2) is 8.42 Å². The van der Waals surface area contributed by atoms with Gasteiger partial charge in [-0.05, 0) is 66.6 Å². The molecule has 0 fully saturated rings. The lowest BCUT2D eigenvalue weighted by molar-refractivity contribution is 0.102. The van der Waals surface area contributed by atoms with Crippen LogP contribution in [0.4, 0.5) is 11.4 Å². The van der Waals surface area contributed by atoms with Gasteiger partial charge in [0.05, 0.1) is 22.7 Å². The molecule has 0 aliphatic heterocycles. The highest BCUT2D eigenvalue weighted by Crippen LogP contribution is 2.25. The number of nitrogens with one attached hydrogen (secondary N) is 2. The maximum atomic E-state index is 12.6. The molecule has 0 aliphatic carbocycles. The fraction of sp³-hybridized carbons (Fsp3) is 0.0870. The molecule has 31 heavy (non-hydrogen) atoms. The molecule has 0 saturated carbocycles. The smallest absolute Gasteiger partial charge is 0.261 e. The number of carbonyl (C=O) groups excluding carboxylic acids is 1. The van der Waals surface area contributed by atoms with Crippen LogP contribution in [0.1, 0.15) is 15.9 Å². The number of para-hydroxylation sites is 1. The molecule has 6 nitrogen and oxygen atoms in total. The third-order valence-corrected chi connectivity index (χ3v) is 6.16. The first kappa shape index (κ1) is 22.4. The molecular formula is C23H21ClN2O4S. The molecule has 0 heterocycles. The molecule has 3 rings (SSSR count). The molecule has 0 saturated heterocycles. The predicted octanol–water partition coefficient (Wildman–Crippen LogP) is 5.13. The summed E-state index contributed by atoms with van der Waals surface area (Å²) in [6.45, 7) is 3.72. The second-order valence-corrected chi connectivity index (χ2v) is 8.67. The van der Waals surface area contributed by atoms with Gasteiger partial charge in [-0.3, -0.25) is 9.52 Å². The van der Waals surface area contributed by atoms with Crippen LogP contribution in [-0.2, 0) is 16.4 Å². The average molecular weight is 457 g/mol. The van der Waals surface area contributed by atoms with Gasteiger partial charge < -0.3 is 10.1 Å². The first-order valence-electron chi connectivity index (χ1n) is 9.30. The Morgan fingerprint density at radius 1 is 1.10 bits per heavy atom. The molecule has 0 atom stereocenters. The Morgan fingerprint density at radius 2 is 1.81 bits per heavy atom. The van der Waals surface area contributed by atoms with E-state index < -0.39 is 10.0 Å². The molecule has 1 amide bonds. The van der Waals surface area contributed by atoms with Gasteiger partial charge >= 0.3 is 0 Å². The summed E-state index contributed by atoms with van der Waals surface area (Å²) >= 11 is 6.02. The number of rotatable bonds is 8. The topological polar surface area (TPSA) is 84.5 Å². The largest absolute Gasteiger partial charge is 0.496 e. The van der Waals surface area contributed by atoms with Gasteiger partial charge in [0.2, 0.25) is 0 Å². The number of anilines is 2. The van der Waals surface area contributed by atoms with Crippen molar-refractivity contribution >= 4 is 38.9 Å². The molecule has 3 aromatic carbocycles. The Labute approximate surface area is 186 Å². The third-order valence-electron chi connectivity index (χ3n) is 4.45. The van der Waals surface area contributed by atoms with Crippen molar-refractivity contribution in [3.05, 3.63) is 95.5 Å². The Balaban J connectivity index is 1.74. The quantitative estimate of drug-likeness (QED) is 0.460. The van der Waals surface area contributed by atoms with E-state index in [-0.39, 0.29) is 16.5 Å². The minimum absolute atomic E-state index is 0.0446. The zero-order valence-corrected chi connectivity index (χ0v) is 18.3. The third kappa shape index (κ3) is 5.45. The van der Waals surface area contributed by atoms with Crippen LogP contribution in [0.25, 0.3) is 0 Å². The SMILES string of the molecule is C=CCc1cc(C(=O)Nc2ccc(S(=O)(=O)Nc3ccccc3Cl)cc2)ccc1OC. The summed E-state index contributed by atoms with van der Waals surface area (Å²) in [4.78, 5) is 12.7. The predicted molar refractivity (Wildman–Crippen MR) is 124 cm³/mol. The molecule has 3 aromatic rings. The highest BCUT2D eigenvalue weighted by Gasteiger charge is 2.16. The first-order chi connectivity index (χ1) is 14.8. The van der Waals surface area contributed by atoms with E-state index in [0.29, 0.717) is 28.4 Å². The number of amides is 1. The Bertz CT molecular complexity index is 1210. The minimum Gasteiger partial charge on any atom is -0.496 e. The van der Waals surface area contributed by atoms with Crippen LogP contribution in [0.3, 0.4) is 0 Å². The number of halogens is 1. The van der Waals surface area contributed by atoms with Gasteiger partial charge in [-0.1, -0.05) is 29.8 Å². The number of hydrogen-bond donors (Lipinski definition) is 2. The number of methoxy groups -OCH3 is 1. The molecule has 0 radical (unpaired) electrons. The summed E-state index contributed by atoms with van der Waals surface area (Å²) in [5.41, 5.74) is 2.05. The lowest BCUT2D eigenvalue weighted by Gasteiger charge is -2.11. The van der Waals surface area contributed by atoms with Crippen molar-refractivity contribution in [2.75, 3.05) is 17.1 Å². The van der Waals surface area contributed by atoms with E-state index in [1.54, 1.807) is 55.7 Å². The van der Waals surface area contributed by atoms with Gasteiger partial charge in [-0.2, -0.15) is 0 Å². The number of carbonyl (C=O) groups is 1. The van der Waals surface area contributed by atoms with Crippen LogP contribution < -0.4 is 14.8 Å². The number of hydrogen-bond acceptors (Lipinski definition) is 4. The lowest BCUT2D eigenvalue weighted by Crippen LogP contribution is -2.14. The van der Waals surface area contributed by atoms with Crippen molar-refractivity contribution in [1.29, 1.82) is 0 Å². The molecule has 0 unspecified atom stereocenters. The number of ether oxygens (including phenoxy) is 1. The Hall–Kier alpha value is -3.29. The number of allylic oxidation sites excluding steroid dienone is 1. The highest BCUT2D eigenvalue weighted by atomic mass is 35.5. The Kier molecular flexibility index (Phi) is 6.99. The summed E-state index contributed by atoms with van der Waals surface area (Å²) < 4.78 is 32.9. The zero-order valence-electron chi connectivity index (χ0n) is 16.8. The van der Waals surface area contributed by atoms with Gasteiger partial charge in [0, 0.05) is 11.3 Å².